The van der Waals surface area contributed by atoms with Crippen LogP contribution in [0.4, 0.5) is 4.39 Å². The maximum Gasteiger partial charge on any atom is 0.241 e. The number of nitrogens with one attached hydrogen (secondary N) is 1. The van der Waals surface area contributed by atoms with E-state index in [0.717, 1.165) is 31.1 Å². The predicted octanol–water partition coefficient (Wildman–Crippen LogP) is 2.24. The third-order valence-corrected chi connectivity index (χ3v) is 6.48. The van der Waals surface area contributed by atoms with Gasteiger partial charge in [-0.2, -0.15) is 11.8 Å². The molecule has 0 aromatic heterocycles. The minimum atomic E-state index is -3.73. The lowest BCUT2D eigenvalue weighted by Crippen LogP contribution is -2.34. The van der Waals surface area contributed by atoms with Crippen LogP contribution in [0.2, 0.25) is 0 Å². The van der Waals surface area contributed by atoms with Crippen molar-refractivity contribution in [2.75, 3.05) is 5.75 Å². The number of nitrogens with two attached hydrogens (primary N) is 1. The van der Waals surface area contributed by atoms with Crippen molar-refractivity contribution in [3.8, 4) is 0 Å². The summed E-state index contributed by atoms with van der Waals surface area (Å²) in [5.74, 6) is 0.462. The molecule has 2 unspecified atom stereocenters. The highest BCUT2D eigenvalue weighted by atomic mass is 32.2. The highest BCUT2D eigenvalue weighted by Gasteiger charge is 2.29. The standard InChI is InChI=1S/C14H21FN2O2S2/c1-2-20-13-6-5-12(8-13)17-21(18,19)14-7-11(15)4-3-10(14)9-16/h3-4,7,12-13,17H,2,5-6,8-9,16H2,1H3. The van der Waals surface area contributed by atoms with Crippen LogP contribution >= 0.6 is 11.8 Å². The van der Waals surface area contributed by atoms with Gasteiger partial charge in [0.05, 0.1) is 4.90 Å². The third-order valence-electron chi connectivity index (χ3n) is 3.65. The number of rotatable bonds is 6. The third kappa shape index (κ3) is 4.18. The number of sulfonamides is 1. The fraction of sp³-hybridized carbons (Fsp3) is 0.571. The molecule has 1 aromatic carbocycles. The van der Waals surface area contributed by atoms with Crippen LogP contribution in [0.1, 0.15) is 31.7 Å². The molecule has 2 atom stereocenters. The van der Waals surface area contributed by atoms with Crippen LogP contribution in [0.3, 0.4) is 0 Å². The van der Waals surface area contributed by atoms with Crippen molar-refractivity contribution in [1.82, 2.24) is 4.72 Å². The Morgan fingerprint density at radius 1 is 1.43 bits per heavy atom. The first-order valence-electron chi connectivity index (χ1n) is 7.08. The molecular formula is C14H21FN2O2S2. The summed E-state index contributed by atoms with van der Waals surface area (Å²) in [4.78, 5) is -0.0448. The fourth-order valence-electron chi connectivity index (χ4n) is 2.66. The van der Waals surface area contributed by atoms with Gasteiger partial charge in [-0.25, -0.2) is 17.5 Å². The highest BCUT2D eigenvalue weighted by molar-refractivity contribution is 7.99. The Balaban J connectivity index is 2.14. The zero-order valence-corrected chi connectivity index (χ0v) is 13.6. The normalized spacial score (nSPS) is 22.6. The second-order valence-corrected chi connectivity index (χ2v) is 8.42. The smallest absolute Gasteiger partial charge is 0.241 e. The fourth-order valence-corrected chi connectivity index (χ4v) is 5.35. The molecule has 1 aliphatic carbocycles. The summed E-state index contributed by atoms with van der Waals surface area (Å²) in [6, 6.07) is 3.62. The zero-order chi connectivity index (χ0) is 15.5. The monoisotopic (exact) mass is 332 g/mol. The summed E-state index contributed by atoms with van der Waals surface area (Å²) < 4.78 is 40.9. The van der Waals surface area contributed by atoms with Gasteiger partial charge in [-0.3, -0.25) is 0 Å². The molecular weight excluding hydrogens is 311 g/mol. The first-order chi connectivity index (χ1) is 9.96. The summed E-state index contributed by atoms with van der Waals surface area (Å²) in [6.07, 6.45) is 2.66. The topological polar surface area (TPSA) is 72.2 Å². The molecule has 1 saturated carbocycles. The number of hydrogen-bond donors (Lipinski definition) is 2. The van der Waals surface area contributed by atoms with Gasteiger partial charge < -0.3 is 5.73 Å². The van der Waals surface area contributed by atoms with E-state index in [9.17, 15) is 12.8 Å². The van der Waals surface area contributed by atoms with Crippen LogP contribution in [0.15, 0.2) is 23.1 Å². The second-order valence-electron chi connectivity index (χ2n) is 5.16. The van der Waals surface area contributed by atoms with Crippen LogP contribution in [0.5, 0.6) is 0 Å². The molecule has 0 saturated heterocycles. The Morgan fingerprint density at radius 2 is 2.19 bits per heavy atom. The van der Waals surface area contributed by atoms with E-state index in [2.05, 4.69) is 11.6 Å². The number of thioether (sulfide) groups is 1. The molecule has 2 rings (SSSR count). The summed E-state index contributed by atoms with van der Waals surface area (Å²) in [5.41, 5.74) is 5.98. The molecule has 0 bridgehead atoms. The molecule has 4 nitrogen and oxygen atoms in total. The minimum Gasteiger partial charge on any atom is -0.326 e. The average Bonchev–Trinajstić information content (AvgIpc) is 2.86. The van der Waals surface area contributed by atoms with Gasteiger partial charge in [0.15, 0.2) is 0 Å². The molecule has 7 heteroatoms. The van der Waals surface area contributed by atoms with Gasteiger partial charge in [0.2, 0.25) is 10.0 Å². The maximum absolute atomic E-state index is 13.4. The van der Waals surface area contributed by atoms with Gasteiger partial charge in [0, 0.05) is 17.8 Å². The van der Waals surface area contributed by atoms with Crippen LogP contribution in [-0.4, -0.2) is 25.5 Å². The van der Waals surface area contributed by atoms with E-state index in [-0.39, 0.29) is 17.5 Å². The Morgan fingerprint density at radius 3 is 2.86 bits per heavy atom. The Labute approximate surface area is 129 Å². The molecule has 0 heterocycles. The SMILES string of the molecule is CCSC1CCC(NS(=O)(=O)c2cc(F)ccc2CN)C1. The molecule has 0 spiro atoms. The lowest BCUT2D eigenvalue weighted by molar-refractivity contribution is 0.549. The molecule has 0 aliphatic heterocycles. The molecule has 118 valence electrons. The lowest BCUT2D eigenvalue weighted by atomic mass is 10.2. The van der Waals surface area contributed by atoms with Gasteiger partial charge in [-0.05, 0) is 42.7 Å². The van der Waals surface area contributed by atoms with E-state index in [1.165, 1.54) is 12.1 Å². The first kappa shape index (κ1) is 16.7. The molecule has 1 fully saturated rings. The van der Waals surface area contributed by atoms with E-state index in [1.54, 1.807) is 0 Å². The first-order valence-corrected chi connectivity index (χ1v) is 9.62. The number of hydrogen-bond acceptors (Lipinski definition) is 4. The largest absolute Gasteiger partial charge is 0.326 e. The van der Waals surface area contributed by atoms with Crippen molar-refractivity contribution in [3.05, 3.63) is 29.6 Å². The summed E-state index contributed by atoms with van der Waals surface area (Å²) in [6.45, 7) is 2.16. The van der Waals surface area contributed by atoms with E-state index in [0.29, 0.717) is 10.8 Å². The Hall–Kier alpha value is -0.630. The quantitative estimate of drug-likeness (QED) is 0.838. The van der Waals surface area contributed by atoms with Gasteiger partial charge >= 0.3 is 0 Å². The van der Waals surface area contributed by atoms with Crippen molar-refractivity contribution >= 4 is 21.8 Å². The lowest BCUT2D eigenvalue weighted by Gasteiger charge is -2.15. The Kier molecular flexibility index (Phi) is 5.65. The molecule has 3 N–H and O–H groups in total. The number of halogens is 1. The predicted molar refractivity (Wildman–Crippen MR) is 84.2 cm³/mol. The van der Waals surface area contributed by atoms with Crippen LogP contribution < -0.4 is 10.5 Å². The van der Waals surface area contributed by atoms with E-state index in [1.807, 2.05) is 11.8 Å². The highest BCUT2D eigenvalue weighted by Crippen LogP contribution is 2.30. The second kappa shape index (κ2) is 7.09. The van der Waals surface area contributed by atoms with Crippen molar-refractivity contribution in [3.63, 3.8) is 0 Å². The van der Waals surface area contributed by atoms with Crippen LogP contribution in [0.25, 0.3) is 0 Å². The minimum absolute atomic E-state index is 0.0448. The molecule has 0 radical (unpaired) electrons. The molecule has 1 aliphatic rings. The summed E-state index contributed by atoms with van der Waals surface area (Å²) in [7, 11) is -3.73. The van der Waals surface area contributed by atoms with Gasteiger partial charge in [0.1, 0.15) is 5.82 Å². The van der Waals surface area contributed by atoms with Crippen molar-refractivity contribution < 1.29 is 12.8 Å². The average molecular weight is 332 g/mol. The molecule has 21 heavy (non-hydrogen) atoms. The van der Waals surface area contributed by atoms with Crippen molar-refractivity contribution in [1.29, 1.82) is 0 Å². The summed E-state index contributed by atoms with van der Waals surface area (Å²) >= 11 is 1.86. The van der Waals surface area contributed by atoms with E-state index in [4.69, 9.17) is 5.73 Å². The van der Waals surface area contributed by atoms with Crippen LogP contribution in [-0.2, 0) is 16.6 Å². The van der Waals surface area contributed by atoms with E-state index < -0.39 is 15.8 Å². The molecule has 1 aromatic rings. The number of benzene rings is 1. The zero-order valence-electron chi connectivity index (χ0n) is 12.0. The van der Waals surface area contributed by atoms with Crippen molar-refractivity contribution in [2.45, 2.75) is 48.9 Å². The maximum atomic E-state index is 13.4. The van der Waals surface area contributed by atoms with Gasteiger partial charge in [-0.15, -0.1) is 0 Å². The van der Waals surface area contributed by atoms with Gasteiger partial charge in [-0.1, -0.05) is 13.0 Å². The molecule has 0 amide bonds. The van der Waals surface area contributed by atoms with E-state index >= 15 is 0 Å². The van der Waals surface area contributed by atoms with Crippen LogP contribution in [0, 0.1) is 5.82 Å². The summed E-state index contributed by atoms with van der Waals surface area (Å²) in [5, 5.41) is 0.504. The Bertz CT molecular complexity index is 593. The van der Waals surface area contributed by atoms with Crippen molar-refractivity contribution in [2.24, 2.45) is 5.73 Å². The van der Waals surface area contributed by atoms with Gasteiger partial charge in [0.25, 0.3) is 0 Å².